The fourth-order valence-corrected chi connectivity index (χ4v) is 4.36. The number of rotatable bonds is 1. The highest BCUT2D eigenvalue weighted by atomic mass is 32.1. The lowest BCUT2D eigenvalue weighted by molar-refractivity contribution is 0.182. The Labute approximate surface area is 124 Å². The number of anilines is 1. The van der Waals surface area contributed by atoms with Gasteiger partial charge in [-0.05, 0) is 12.1 Å². The molecule has 3 aliphatic rings. The van der Waals surface area contributed by atoms with Gasteiger partial charge in [0, 0.05) is 12.0 Å². The minimum Gasteiger partial charge on any atom is -0.493 e. The lowest BCUT2D eigenvalue weighted by atomic mass is 10.1. The van der Waals surface area contributed by atoms with E-state index in [0.717, 1.165) is 33.1 Å². The fourth-order valence-electron chi connectivity index (χ4n) is 3.30. The highest BCUT2D eigenvalue weighted by molar-refractivity contribution is 7.22. The number of carbonyl (C=O) groups excluding carboxylic acids is 1. The number of ether oxygens (including phenoxy) is 2. The van der Waals surface area contributed by atoms with Gasteiger partial charge < -0.3 is 14.8 Å². The van der Waals surface area contributed by atoms with E-state index in [-0.39, 0.29) is 18.1 Å². The number of nitrogens with zero attached hydrogens (tertiary/aromatic N) is 2. The minimum absolute atomic E-state index is 0.0577. The molecule has 5 rings (SSSR count). The molecule has 21 heavy (non-hydrogen) atoms. The molecule has 0 saturated carbocycles. The summed E-state index contributed by atoms with van der Waals surface area (Å²) in [5.74, 6) is 0.923. The molecule has 3 aliphatic heterocycles. The molecule has 1 aromatic carbocycles. The molecule has 2 saturated heterocycles. The Morgan fingerprint density at radius 3 is 3.29 bits per heavy atom. The largest absolute Gasteiger partial charge is 0.493 e. The molecule has 7 heteroatoms. The molecule has 1 aromatic heterocycles. The van der Waals surface area contributed by atoms with Gasteiger partial charge in [0.05, 0.1) is 42.1 Å². The van der Waals surface area contributed by atoms with Crippen LogP contribution in [0.3, 0.4) is 0 Å². The monoisotopic (exact) mass is 303 g/mol. The van der Waals surface area contributed by atoms with Crippen LogP contribution in [0.25, 0.3) is 10.2 Å². The van der Waals surface area contributed by atoms with Gasteiger partial charge in [-0.1, -0.05) is 11.3 Å². The second-order valence-corrected chi connectivity index (χ2v) is 6.52. The van der Waals surface area contributed by atoms with E-state index in [2.05, 4.69) is 5.32 Å². The smallest absolute Gasteiger partial charge is 0.324 e. The number of amides is 2. The van der Waals surface area contributed by atoms with Gasteiger partial charge in [-0.2, -0.15) is 0 Å². The van der Waals surface area contributed by atoms with Gasteiger partial charge in [-0.15, -0.1) is 0 Å². The molecule has 1 N–H and O–H groups in total. The van der Waals surface area contributed by atoms with E-state index in [1.165, 1.54) is 0 Å². The molecule has 2 atom stereocenters. The Bertz CT molecular complexity index is 759. The number of aromatic nitrogens is 1. The van der Waals surface area contributed by atoms with E-state index >= 15 is 0 Å². The molecule has 2 fully saturated rings. The standard InChI is InChI=1S/C14H13N3O3S/c18-13-15-8-5-19-6-9(8)17(13)14-16-12-7-3-4-20-10(7)1-2-11(12)21-14/h1-2,8-9H,3-6H2,(H,15,18)/t8-,9+/m1/s1. The van der Waals surface area contributed by atoms with Crippen LogP contribution >= 0.6 is 11.3 Å². The van der Waals surface area contributed by atoms with Crippen molar-refractivity contribution in [1.82, 2.24) is 10.3 Å². The summed E-state index contributed by atoms with van der Waals surface area (Å²) >= 11 is 1.56. The van der Waals surface area contributed by atoms with E-state index in [0.29, 0.717) is 19.8 Å². The predicted molar refractivity (Wildman–Crippen MR) is 78.2 cm³/mol. The van der Waals surface area contributed by atoms with Gasteiger partial charge in [0.25, 0.3) is 0 Å². The molecule has 0 unspecified atom stereocenters. The number of urea groups is 1. The fraction of sp³-hybridized carbons (Fsp3) is 0.429. The first-order valence-corrected chi connectivity index (χ1v) is 7.85. The summed E-state index contributed by atoms with van der Waals surface area (Å²) in [6.07, 6.45) is 0.886. The molecule has 6 nitrogen and oxygen atoms in total. The van der Waals surface area contributed by atoms with E-state index in [4.69, 9.17) is 14.5 Å². The van der Waals surface area contributed by atoms with Gasteiger partial charge in [-0.25, -0.2) is 9.78 Å². The molecule has 4 heterocycles. The maximum absolute atomic E-state index is 12.2. The zero-order valence-electron chi connectivity index (χ0n) is 11.2. The second-order valence-electron chi connectivity index (χ2n) is 5.51. The van der Waals surface area contributed by atoms with Crippen molar-refractivity contribution in [2.45, 2.75) is 18.5 Å². The van der Waals surface area contributed by atoms with Crippen LogP contribution in [0.2, 0.25) is 0 Å². The van der Waals surface area contributed by atoms with Crippen LogP contribution in [0.15, 0.2) is 12.1 Å². The molecule has 2 amide bonds. The van der Waals surface area contributed by atoms with E-state index in [1.807, 2.05) is 12.1 Å². The molecule has 0 radical (unpaired) electrons. The van der Waals surface area contributed by atoms with E-state index in [1.54, 1.807) is 16.2 Å². The maximum Gasteiger partial charge on any atom is 0.324 e. The summed E-state index contributed by atoms with van der Waals surface area (Å²) in [5.41, 5.74) is 2.13. The first-order chi connectivity index (χ1) is 10.3. The molecular formula is C14H13N3O3S. The van der Waals surface area contributed by atoms with Crippen LogP contribution in [0.1, 0.15) is 5.56 Å². The van der Waals surface area contributed by atoms with Crippen molar-refractivity contribution in [3.05, 3.63) is 17.7 Å². The summed E-state index contributed by atoms with van der Waals surface area (Å²) in [5, 5.41) is 3.72. The normalized spacial score (nSPS) is 26.9. The van der Waals surface area contributed by atoms with Gasteiger partial charge in [0.1, 0.15) is 5.75 Å². The lowest BCUT2D eigenvalue weighted by Crippen LogP contribution is -2.36. The van der Waals surface area contributed by atoms with Crippen molar-refractivity contribution in [3.8, 4) is 5.75 Å². The third-order valence-corrected chi connectivity index (χ3v) is 5.36. The van der Waals surface area contributed by atoms with Crippen molar-refractivity contribution >= 4 is 32.7 Å². The van der Waals surface area contributed by atoms with Crippen LogP contribution in [-0.2, 0) is 11.2 Å². The first kappa shape index (κ1) is 11.8. The van der Waals surface area contributed by atoms with Crippen molar-refractivity contribution in [3.63, 3.8) is 0 Å². The second kappa shape index (κ2) is 4.08. The zero-order valence-corrected chi connectivity index (χ0v) is 12.0. The Kier molecular flexibility index (Phi) is 2.29. The lowest BCUT2D eigenvalue weighted by Gasteiger charge is -2.17. The van der Waals surface area contributed by atoms with Crippen molar-refractivity contribution in [2.75, 3.05) is 24.7 Å². The van der Waals surface area contributed by atoms with Crippen molar-refractivity contribution < 1.29 is 14.3 Å². The highest BCUT2D eigenvalue weighted by Crippen LogP contribution is 2.39. The maximum atomic E-state index is 12.2. The number of thiazole rings is 1. The summed E-state index contributed by atoms with van der Waals surface area (Å²) in [7, 11) is 0. The minimum atomic E-state index is -0.0692. The van der Waals surface area contributed by atoms with Crippen molar-refractivity contribution in [1.29, 1.82) is 0 Å². The molecular weight excluding hydrogens is 290 g/mol. The van der Waals surface area contributed by atoms with E-state index in [9.17, 15) is 4.79 Å². The molecule has 0 bridgehead atoms. The Hall–Kier alpha value is -1.86. The van der Waals surface area contributed by atoms with Crippen LogP contribution in [0, 0.1) is 0 Å². The summed E-state index contributed by atoms with van der Waals surface area (Å²) in [4.78, 5) is 18.7. The van der Waals surface area contributed by atoms with Crippen LogP contribution in [0.4, 0.5) is 9.93 Å². The number of fused-ring (bicyclic) bond motifs is 4. The topological polar surface area (TPSA) is 63.7 Å². The summed E-state index contributed by atoms with van der Waals surface area (Å²) in [6, 6.07) is 4.09. The van der Waals surface area contributed by atoms with Crippen LogP contribution in [0.5, 0.6) is 5.75 Å². The van der Waals surface area contributed by atoms with Gasteiger partial charge in [0.2, 0.25) is 0 Å². The summed E-state index contributed by atoms with van der Waals surface area (Å²) in [6.45, 7) is 1.87. The number of hydrogen-bond acceptors (Lipinski definition) is 5. The zero-order chi connectivity index (χ0) is 14.0. The molecule has 108 valence electrons. The average molecular weight is 303 g/mol. The van der Waals surface area contributed by atoms with Crippen LogP contribution in [-0.4, -0.2) is 42.9 Å². The Morgan fingerprint density at radius 2 is 2.33 bits per heavy atom. The number of hydrogen-bond donors (Lipinski definition) is 1. The van der Waals surface area contributed by atoms with Gasteiger partial charge in [-0.3, -0.25) is 4.90 Å². The third kappa shape index (κ3) is 1.55. The predicted octanol–water partition coefficient (Wildman–Crippen LogP) is 1.53. The Balaban J connectivity index is 1.63. The quantitative estimate of drug-likeness (QED) is 0.868. The van der Waals surface area contributed by atoms with Crippen LogP contribution < -0.4 is 15.0 Å². The van der Waals surface area contributed by atoms with Crippen molar-refractivity contribution in [2.24, 2.45) is 0 Å². The highest BCUT2D eigenvalue weighted by Gasteiger charge is 2.45. The van der Waals surface area contributed by atoms with Gasteiger partial charge in [0.15, 0.2) is 5.13 Å². The molecule has 0 spiro atoms. The first-order valence-electron chi connectivity index (χ1n) is 7.04. The average Bonchev–Trinajstić information content (AvgIpc) is 3.18. The van der Waals surface area contributed by atoms with Gasteiger partial charge >= 0.3 is 6.03 Å². The Morgan fingerprint density at radius 1 is 1.38 bits per heavy atom. The number of nitrogens with one attached hydrogen (secondary N) is 1. The SMILES string of the molecule is O=C1N[C@@H]2COC[C@@H]2N1c1nc2c3c(ccc2s1)OCC3. The summed E-state index contributed by atoms with van der Waals surface area (Å²) < 4.78 is 12.1. The molecule has 0 aliphatic carbocycles. The third-order valence-electron chi connectivity index (χ3n) is 4.34. The van der Waals surface area contributed by atoms with E-state index < -0.39 is 0 Å². The number of benzene rings is 1. The number of carbonyl (C=O) groups is 1. The molecule has 2 aromatic rings.